The molecule has 0 aliphatic carbocycles. The maximum absolute atomic E-state index is 13.2. The number of hydrogen-bond donors (Lipinski definition) is 0. The number of hydrogen-bond acceptors (Lipinski definition) is 3. The van der Waals surface area contributed by atoms with Gasteiger partial charge in [-0.15, -0.1) is 0 Å². The summed E-state index contributed by atoms with van der Waals surface area (Å²) in [5, 5.41) is 0. The number of carbonyl (C=O) groups excluding carboxylic acids is 1. The van der Waals surface area contributed by atoms with Crippen LogP contribution in [0, 0.1) is 5.82 Å². The zero-order valence-corrected chi connectivity index (χ0v) is 11.9. The van der Waals surface area contributed by atoms with E-state index in [2.05, 4.69) is 0 Å². The molecule has 0 unspecified atom stereocenters. The Labute approximate surface area is 121 Å². The molecule has 0 radical (unpaired) electrons. The van der Waals surface area contributed by atoms with E-state index in [9.17, 15) is 14.0 Å². The van der Waals surface area contributed by atoms with E-state index < -0.39 is 11.8 Å². The summed E-state index contributed by atoms with van der Waals surface area (Å²) in [5.74, 6) is -0.900. The van der Waals surface area contributed by atoms with Gasteiger partial charge in [-0.2, -0.15) is 0 Å². The predicted octanol–water partition coefficient (Wildman–Crippen LogP) is 2.60. The first-order valence-electron chi connectivity index (χ1n) is 6.61. The molecule has 1 aromatic carbocycles. The van der Waals surface area contributed by atoms with Crippen molar-refractivity contribution in [3.63, 3.8) is 0 Å². The zero-order chi connectivity index (χ0) is 15.4. The van der Waals surface area contributed by atoms with Gasteiger partial charge in [-0.3, -0.25) is 4.79 Å². The summed E-state index contributed by atoms with van der Waals surface area (Å²) in [6.45, 7) is 3.74. The molecule has 0 bridgehead atoms. The first-order valence-corrected chi connectivity index (χ1v) is 6.61. The minimum absolute atomic E-state index is 0.194. The number of carbonyl (C=O) groups is 1. The summed E-state index contributed by atoms with van der Waals surface area (Å²) >= 11 is 0. The number of esters is 1. The number of nitrogens with zero attached hydrogens (tertiary/aromatic N) is 1. The van der Waals surface area contributed by atoms with Gasteiger partial charge in [0.2, 0.25) is 0 Å². The maximum atomic E-state index is 13.2. The molecule has 0 spiro atoms. The summed E-state index contributed by atoms with van der Waals surface area (Å²) in [4.78, 5) is 23.5. The molecule has 0 aliphatic heterocycles. The van der Waals surface area contributed by atoms with Crippen molar-refractivity contribution in [1.29, 1.82) is 0 Å². The lowest BCUT2D eigenvalue weighted by molar-refractivity contribution is 0.0378. The molecular weight excluding hydrogens is 273 g/mol. The lowest BCUT2D eigenvalue weighted by Gasteiger charge is -2.10. The second-order valence-electron chi connectivity index (χ2n) is 4.97. The van der Waals surface area contributed by atoms with Crippen molar-refractivity contribution in [2.75, 3.05) is 0 Å². The van der Waals surface area contributed by atoms with Crippen LogP contribution in [-0.4, -0.2) is 16.6 Å². The minimum atomic E-state index is -0.482. The van der Waals surface area contributed by atoms with Crippen LogP contribution in [0.2, 0.25) is 0 Å². The number of halogens is 1. The van der Waals surface area contributed by atoms with Crippen LogP contribution in [0.4, 0.5) is 4.39 Å². The second kappa shape index (κ2) is 6.35. The van der Waals surface area contributed by atoms with Gasteiger partial charge in [0.05, 0.1) is 18.2 Å². The van der Waals surface area contributed by atoms with E-state index in [1.54, 1.807) is 38.1 Å². The lowest BCUT2D eigenvalue weighted by Crippen LogP contribution is -2.19. The van der Waals surface area contributed by atoms with Gasteiger partial charge in [0.1, 0.15) is 5.82 Å². The third-order valence-electron chi connectivity index (χ3n) is 2.81. The van der Waals surface area contributed by atoms with Crippen molar-refractivity contribution in [3.8, 4) is 0 Å². The van der Waals surface area contributed by atoms with Crippen LogP contribution in [0.3, 0.4) is 0 Å². The van der Waals surface area contributed by atoms with Crippen LogP contribution in [0.5, 0.6) is 0 Å². The highest BCUT2D eigenvalue weighted by Gasteiger charge is 2.10. The highest BCUT2D eigenvalue weighted by atomic mass is 19.1. The number of rotatable bonds is 4. The number of pyridine rings is 1. The fourth-order valence-corrected chi connectivity index (χ4v) is 1.90. The summed E-state index contributed by atoms with van der Waals surface area (Å²) in [7, 11) is 0. The van der Waals surface area contributed by atoms with Crippen LogP contribution in [0.15, 0.2) is 47.4 Å². The van der Waals surface area contributed by atoms with E-state index in [1.807, 2.05) is 0 Å². The SMILES string of the molecule is CC(C)OC(=O)c1cccc(Cn2cc(F)ccc2=O)c1. The molecule has 110 valence electrons. The molecule has 4 nitrogen and oxygen atoms in total. The fraction of sp³-hybridized carbons (Fsp3) is 0.250. The van der Waals surface area contributed by atoms with Crippen molar-refractivity contribution >= 4 is 5.97 Å². The van der Waals surface area contributed by atoms with Crippen molar-refractivity contribution < 1.29 is 13.9 Å². The summed E-state index contributed by atoms with van der Waals surface area (Å²) in [6.07, 6.45) is 0.938. The molecule has 2 aromatic rings. The van der Waals surface area contributed by atoms with E-state index >= 15 is 0 Å². The highest BCUT2D eigenvalue weighted by Crippen LogP contribution is 2.09. The Kier molecular flexibility index (Phi) is 4.52. The average Bonchev–Trinajstić information content (AvgIpc) is 2.42. The zero-order valence-electron chi connectivity index (χ0n) is 11.9. The third kappa shape index (κ3) is 4.02. The maximum Gasteiger partial charge on any atom is 0.338 e. The van der Waals surface area contributed by atoms with E-state index in [0.29, 0.717) is 5.56 Å². The Morgan fingerprint density at radius 2 is 2.05 bits per heavy atom. The number of ether oxygens (including phenoxy) is 1. The quantitative estimate of drug-likeness (QED) is 0.813. The second-order valence-corrected chi connectivity index (χ2v) is 4.97. The van der Waals surface area contributed by atoms with E-state index in [1.165, 1.54) is 10.6 Å². The van der Waals surface area contributed by atoms with Crippen molar-refractivity contribution in [2.45, 2.75) is 26.5 Å². The van der Waals surface area contributed by atoms with E-state index in [-0.39, 0.29) is 18.2 Å². The summed E-state index contributed by atoms with van der Waals surface area (Å²) < 4.78 is 19.5. The number of aromatic nitrogens is 1. The Bertz CT molecular complexity index is 707. The van der Waals surface area contributed by atoms with Crippen LogP contribution >= 0.6 is 0 Å². The summed E-state index contributed by atoms with van der Waals surface area (Å²) in [6, 6.07) is 9.05. The standard InChI is InChI=1S/C16H16FNO3/c1-11(2)21-16(20)13-5-3-4-12(8-13)9-18-10-14(17)6-7-15(18)19/h3-8,10-11H,9H2,1-2H3. The molecule has 0 aliphatic rings. The molecule has 0 atom stereocenters. The minimum Gasteiger partial charge on any atom is -0.459 e. The van der Waals surface area contributed by atoms with Crippen LogP contribution < -0.4 is 5.56 Å². The van der Waals surface area contributed by atoms with Gasteiger partial charge >= 0.3 is 5.97 Å². The van der Waals surface area contributed by atoms with Crippen molar-refractivity contribution in [1.82, 2.24) is 4.57 Å². The van der Waals surface area contributed by atoms with Gasteiger partial charge in [-0.05, 0) is 37.6 Å². The Balaban J connectivity index is 2.23. The number of benzene rings is 1. The largest absolute Gasteiger partial charge is 0.459 e. The van der Waals surface area contributed by atoms with Gasteiger partial charge < -0.3 is 9.30 Å². The molecule has 0 saturated heterocycles. The van der Waals surface area contributed by atoms with Gasteiger partial charge in [0, 0.05) is 12.3 Å². The smallest absolute Gasteiger partial charge is 0.338 e. The molecule has 0 amide bonds. The van der Waals surface area contributed by atoms with Crippen LogP contribution in [-0.2, 0) is 11.3 Å². The van der Waals surface area contributed by atoms with Gasteiger partial charge in [0.25, 0.3) is 5.56 Å². The third-order valence-corrected chi connectivity index (χ3v) is 2.81. The average molecular weight is 289 g/mol. The predicted molar refractivity (Wildman–Crippen MR) is 76.8 cm³/mol. The van der Waals surface area contributed by atoms with Gasteiger partial charge in [-0.1, -0.05) is 12.1 Å². The monoisotopic (exact) mass is 289 g/mol. The fourth-order valence-electron chi connectivity index (χ4n) is 1.90. The normalized spacial score (nSPS) is 10.7. The molecule has 0 saturated carbocycles. The van der Waals surface area contributed by atoms with Gasteiger partial charge in [-0.25, -0.2) is 9.18 Å². The van der Waals surface area contributed by atoms with Crippen LogP contribution in [0.1, 0.15) is 29.8 Å². The Morgan fingerprint density at radius 1 is 1.29 bits per heavy atom. The summed E-state index contributed by atoms with van der Waals surface area (Å²) in [5.41, 5.74) is 0.832. The molecule has 1 heterocycles. The first kappa shape index (κ1) is 15.0. The highest BCUT2D eigenvalue weighted by molar-refractivity contribution is 5.89. The molecule has 0 fully saturated rings. The molecule has 2 rings (SSSR count). The molecular formula is C16H16FNO3. The van der Waals surface area contributed by atoms with E-state index in [4.69, 9.17) is 4.74 Å². The molecule has 5 heteroatoms. The van der Waals surface area contributed by atoms with Crippen LogP contribution in [0.25, 0.3) is 0 Å². The topological polar surface area (TPSA) is 48.3 Å². The molecule has 0 N–H and O–H groups in total. The van der Waals surface area contributed by atoms with E-state index in [0.717, 1.165) is 17.8 Å². The molecule has 1 aromatic heterocycles. The van der Waals surface area contributed by atoms with Crippen molar-refractivity contribution in [2.24, 2.45) is 0 Å². The van der Waals surface area contributed by atoms with Gasteiger partial charge in [0.15, 0.2) is 0 Å². The Morgan fingerprint density at radius 3 is 2.76 bits per heavy atom. The van der Waals surface area contributed by atoms with Crippen molar-refractivity contribution in [3.05, 3.63) is 69.9 Å². The molecule has 21 heavy (non-hydrogen) atoms. The first-order chi connectivity index (χ1) is 9.95. The lowest BCUT2D eigenvalue weighted by atomic mass is 10.1. The Hall–Kier alpha value is -2.43.